The average Bonchev–Trinajstić information content (AvgIpc) is 2.36. The van der Waals surface area contributed by atoms with Gasteiger partial charge >= 0.3 is 0 Å². The van der Waals surface area contributed by atoms with Crippen molar-refractivity contribution in [3.8, 4) is 0 Å². The van der Waals surface area contributed by atoms with Crippen molar-refractivity contribution in [2.24, 2.45) is 0 Å². The smallest absolute Gasteiger partial charge is 0.0623 e. The van der Waals surface area contributed by atoms with Crippen LogP contribution in [0.15, 0.2) is 45.8 Å². The molecule has 0 aromatic heterocycles. The van der Waals surface area contributed by atoms with E-state index in [1.165, 1.54) is 0 Å². The lowest BCUT2D eigenvalue weighted by Crippen LogP contribution is -2.02. The van der Waals surface area contributed by atoms with Gasteiger partial charge in [0.15, 0.2) is 0 Å². The quantitative estimate of drug-likeness (QED) is 0.831. The highest BCUT2D eigenvalue weighted by atomic mass is 79.9. The van der Waals surface area contributed by atoms with Crippen molar-refractivity contribution < 1.29 is 4.21 Å². The highest BCUT2D eigenvalue weighted by molar-refractivity contribution is 9.10. The minimum atomic E-state index is -1.20. The first-order valence-electron chi connectivity index (χ1n) is 5.66. The van der Waals surface area contributed by atoms with Crippen molar-refractivity contribution in [1.29, 1.82) is 0 Å². The molecular weight excluding hydrogens is 346 g/mol. The summed E-state index contributed by atoms with van der Waals surface area (Å²) in [6.45, 7) is 1.91. The van der Waals surface area contributed by atoms with E-state index in [-0.39, 0.29) is 0 Å². The Morgan fingerprint density at radius 3 is 2.74 bits per heavy atom. The van der Waals surface area contributed by atoms with Gasteiger partial charge in [0.25, 0.3) is 0 Å². The largest absolute Gasteiger partial charge is 0.398 e. The molecule has 2 rings (SSSR count). The Morgan fingerprint density at radius 1 is 1.32 bits per heavy atom. The zero-order chi connectivity index (χ0) is 14.0. The summed E-state index contributed by atoms with van der Waals surface area (Å²) in [6.07, 6.45) is 0. The van der Waals surface area contributed by atoms with Crippen LogP contribution in [0.4, 0.5) is 5.69 Å². The Morgan fingerprint density at radius 2 is 2.05 bits per heavy atom. The van der Waals surface area contributed by atoms with Gasteiger partial charge in [0, 0.05) is 9.50 Å². The monoisotopic (exact) mass is 357 g/mol. The third-order valence-electron chi connectivity index (χ3n) is 2.83. The molecule has 0 fully saturated rings. The topological polar surface area (TPSA) is 43.1 Å². The van der Waals surface area contributed by atoms with Gasteiger partial charge in [-0.2, -0.15) is 0 Å². The molecule has 1 unspecified atom stereocenters. The van der Waals surface area contributed by atoms with Crippen LogP contribution < -0.4 is 5.73 Å². The molecule has 0 radical (unpaired) electrons. The molecule has 0 aliphatic heterocycles. The molecule has 2 aromatic rings. The van der Waals surface area contributed by atoms with Gasteiger partial charge in [-0.25, -0.2) is 0 Å². The zero-order valence-electron chi connectivity index (χ0n) is 10.3. The van der Waals surface area contributed by atoms with Crippen LogP contribution in [0.2, 0.25) is 5.02 Å². The Kier molecular flexibility index (Phi) is 4.66. The predicted octanol–water partition coefficient (Wildman–Crippen LogP) is 4.30. The summed E-state index contributed by atoms with van der Waals surface area (Å²) in [7, 11) is -1.20. The SMILES string of the molecule is Cc1cccc(S(=O)Cc2ccc(Br)cc2Cl)c1N. The Bertz CT molecular complexity index is 645. The molecule has 5 heteroatoms. The van der Waals surface area contributed by atoms with E-state index < -0.39 is 10.8 Å². The molecule has 19 heavy (non-hydrogen) atoms. The molecule has 0 amide bonds. The van der Waals surface area contributed by atoms with E-state index in [1.54, 1.807) is 12.1 Å². The van der Waals surface area contributed by atoms with Crippen molar-refractivity contribution in [3.63, 3.8) is 0 Å². The first-order valence-corrected chi connectivity index (χ1v) is 8.15. The number of nitrogen functional groups attached to an aromatic ring is 1. The maximum atomic E-state index is 12.4. The fourth-order valence-electron chi connectivity index (χ4n) is 1.71. The third kappa shape index (κ3) is 3.38. The molecule has 0 heterocycles. The molecule has 0 aliphatic carbocycles. The van der Waals surface area contributed by atoms with E-state index in [2.05, 4.69) is 15.9 Å². The first-order chi connectivity index (χ1) is 8.99. The first kappa shape index (κ1) is 14.6. The lowest BCUT2D eigenvalue weighted by Gasteiger charge is -2.09. The van der Waals surface area contributed by atoms with Crippen LogP contribution >= 0.6 is 27.5 Å². The number of benzene rings is 2. The van der Waals surface area contributed by atoms with Crippen LogP contribution in [0.25, 0.3) is 0 Å². The zero-order valence-corrected chi connectivity index (χ0v) is 13.5. The second kappa shape index (κ2) is 6.07. The number of aryl methyl sites for hydroxylation is 1. The van der Waals surface area contributed by atoms with Crippen LogP contribution in [0, 0.1) is 6.92 Å². The van der Waals surface area contributed by atoms with Crippen LogP contribution in [0.5, 0.6) is 0 Å². The lowest BCUT2D eigenvalue weighted by molar-refractivity contribution is 0.683. The van der Waals surface area contributed by atoms with E-state index in [0.29, 0.717) is 21.4 Å². The van der Waals surface area contributed by atoms with Gasteiger partial charge in [0.05, 0.1) is 27.1 Å². The minimum Gasteiger partial charge on any atom is -0.398 e. The Hall–Kier alpha value is -0.840. The van der Waals surface area contributed by atoms with E-state index in [4.69, 9.17) is 17.3 Å². The summed E-state index contributed by atoms with van der Waals surface area (Å²) in [5.74, 6) is 0.361. The number of halogens is 2. The summed E-state index contributed by atoms with van der Waals surface area (Å²) < 4.78 is 13.3. The molecule has 0 saturated heterocycles. The molecule has 0 spiro atoms. The number of hydrogen-bond acceptors (Lipinski definition) is 2. The number of hydrogen-bond donors (Lipinski definition) is 1. The summed E-state index contributed by atoms with van der Waals surface area (Å²) in [4.78, 5) is 0.666. The minimum absolute atomic E-state index is 0.361. The summed E-state index contributed by atoms with van der Waals surface area (Å²) in [5.41, 5.74) is 8.35. The summed E-state index contributed by atoms with van der Waals surface area (Å²) in [5, 5.41) is 0.606. The molecule has 0 saturated carbocycles. The molecule has 0 bridgehead atoms. The van der Waals surface area contributed by atoms with Crippen LogP contribution in [-0.2, 0) is 16.6 Å². The molecular formula is C14H13BrClNOS. The fourth-order valence-corrected chi connectivity index (χ4v) is 3.86. The Labute approximate surface area is 128 Å². The molecule has 2 aromatic carbocycles. The number of nitrogens with two attached hydrogens (primary N) is 1. The summed E-state index contributed by atoms with van der Waals surface area (Å²) in [6, 6.07) is 11.1. The maximum Gasteiger partial charge on any atom is 0.0623 e. The highest BCUT2D eigenvalue weighted by Crippen LogP contribution is 2.26. The predicted molar refractivity (Wildman–Crippen MR) is 84.9 cm³/mol. The van der Waals surface area contributed by atoms with Crippen LogP contribution in [0.1, 0.15) is 11.1 Å². The standard InChI is InChI=1S/C14H13BrClNOS/c1-9-3-2-4-13(14(9)17)19(18)8-10-5-6-11(15)7-12(10)16/h2-7H,8,17H2,1H3. The van der Waals surface area contributed by atoms with E-state index in [0.717, 1.165) is 15.6 Å². The van der Waals surface area contributed by atoms with Crippen LogP contribution in [-0.4, -0.2) is 4.21 Å². The van der Waals surface area contributed by atoms with E-state index >= 15 is 0 Å². The average molecular weight is 359 g/mol. The maximum absolute atomic E-state index is 12.4. The van der Waals surface area contributed by atoms with Crippen molar-refractivity contribution in [2.45, 2.75) is 17.6 Å². The molecule has 0 aliphatic rings. The van der Waals surface area contributed by atoms with Gasteiger partial charge in [-0.1, -0.05) is 45.7 Å². The van der Waals surface area contributed by atoms with Gasteiger partial charge in [0.1, 0.15) is 0 Å². The number of para-hydroxylation sites is 1. The molecule has 2 nitrogen and oxygen atoms in total. The van der Waals surface area contributed by atoms with Gasteiger partial charge < -0.3 is 5.73 Å². The van der Waals surface area contributed by atoms with Crippen molar-refractivity contribution in [1.82, 2.24) is 0 Å². The van der Waals surface area contributed by atoms with Gasteiger partial charge in [-0.3, -0.25) is 4.21 Å². The fraction of sp³-hybridized carbons (Fsp3) is 0.143. The molecule has 2 N–H and O–H groups in total. The summed E-state index contributed by atoms with van der Waals surface area (Å²) >= 11 is 9.48. The second-order valence-corrected chi connectivity index (χ2v) is 6.95. The van der Waals surface area contributed by atoms with Crippen LogP contribution in [0.3, 0.4) is 0 Å². The molecule has 1 atom stereocenters. The van der Waals surface area contributed by atoms with Gasteiger partial charge in [0.2, 0.25) is 0 Å². The third-order valence-corrected chi connectivity index (χ3v) is 5.10. The van der Waals surface area contributed by atoms with Gasteiger partial charge in [-0.15, -0.1) is 0 Å². The van der Waals surface area contributed by atoms with Crippen molar-refractivity contribution in [2.75, 3.05) is 5.73 Å². The number of rotatable bonds is 3. The molecule has 100 valence electrons. The normalized spacial score (nSPS) is 12.4. The van der Waals surface area contributed by atoms with Crippen molar-refractivity contribution >= 4 is 44.0 Å². The van der Waals surface area contributed by atoms with Crippen molar-refractivity contribution in [3.05, 3.63) is 57.0 Å². The van der Waals surface area contributed by atoms with E-state index in [1.807, 2.05) is 31.2 Å². The lowest BCUT2D eigenvalue weighted by atomic mass is 10.2. The number of anilines is 1. The van der Waals surface area contributed by atoms with E-state index in [9.17, 15) is 4.21 Å². The van der Waals surface area contributed by atoms with Gasteiger partial charge in [-0.05, 0) is 36.2 Å². The Balaban J connectivity index is 2.28. The second-order valence-electron chi connectivity index (χ2n) is 4.21. The highest BCUT2D eigenvalue weighted by Gasteiger charge is 2.12.